The lowest BCUT2D eigenvalue weighted by atomic mass is 10.1. The van der Waals surface area contributed by atoms with Crippen molar-refractivity contribution in [2.45, 2.75) is 26.7 Å². The van der Waals surface area contributed by atoms with E-state index in [2.05, 4.69) is 0 Å². The van der Waals surface area contributed by atoms with Gasteiger partial charge in [-0.3, -0.25) is 0 Å². The second kappa shape index (κ2) is 6.38. The van der Waals surface area contributed by atoms with E-state index in [-0.39, 0.29) is 6.61 Å². The minimum atomic E-state index is 0.195. The monoisotopic (exact) mass is 224 g/mol. The molecule has 0 amide bonds. The number of hydrogen-bond acceptors (Lipinski definition) is 3. The number of methoxy groups -OCH3 is 1. The molecular formula is C13H20O3. The second-order valence-corrected chi connectivity index (χ2v) is 3.69. The van der Waals surface area contributed by atoms with Gasteiger partial charge in [-0.05, 0) is 49.9 Å². The van der Waals surface area contributed by atoms with E-state index in [1.165, 1.54) is 0 Å². The standard InChI is InChI=1S/C13H20O3/c1-4-16-12-9-11(6-5-7-14)13(15-3)8-10(12)2/h8-9,14H,4-7H2,1-3H3. The van der Waals surface area contributed by atoms with Gasteiger partial charge in [-0.15, -0.1) is 0 Å². The number of aryl methyl sites for hydroxylation is 2. The number of aliphatic hydroxyl groups is 1. The van der Waals surface area contributed by atoms with Crippen LogP contribution in [0.5, 0.6) is 11.5 Å². The van der Waals surface area contributed by atoms with Crippen LogP contribution in [0.2, 0.25) is 0 Å². The van der Waals surface area contributed by atoms with Gasteiger partial charge in [0.05, 0.1) is 13.7 Å². The van der Waals surface area contributed by atoms with Crippen LogP contribution in [0.3, 0.4) is 0 Å². The molecule has 0 heterocycles. The van der Waals surface area contributed by atoms with Crippen molar-refractivity contribution >= 4 is 0 Å². The zero-order valence-corrected chi connectivity index (χ0v) is 10.2. The molecule has 1 aromatic carbocycles. The molecule has 0 saturated heterocycles. The summed E-state index contributed by atoms with van der Waals surface area (Å²) in [5.41, 5.74) is 2.16. The maximum atomic E-state index is 8.85. The molecule has 0 aliphatic heterocycles. The first-order valence-corrected chi connectivity index (χ1v) is 5.64. The lowest BCUT2D eigenvalue weighted by Crippen LogP contribution is -1.99. The first-order valence-electron chi connectivity index (χ1n) is 5.64. The Kier molecular flexibility index (Phi) is 5.12. The molecule has 0 radical (unpaired) electrons. The van der Waals surface area contributed by atoms with Crippen LogP contribution in [0.1, 0.15) is 24.5 Å². The van der Waals surface area contributed by atoms with Crippen LogP contribution in [0.15, 0.2) is 12.1 Å². The molecule has 0 saturated carbocycles. The highest BCUT2D eigenvalue weighted by molar-refractivity contribution is 5.46. The minimum absolute atomic E-state index is 0.195. The molecule has 0 aromatic heterocycles. The van der Waals surface area contributed by atoms with Gasteiger partial charge in [0.2, 0.25) is 0 Å². The summed E-state index contributed by atoms with van der Waals surface area (Å²) in [4.78, 5) is 0. The first kappa shape index (κ1) is 12.8. The molecule has 0 fully saturated rings. The van der Waals surface area contributed by atoms with E-state index >= 15 is 0 Å². The number of ether oxygens (including phenoxy) is 2. The Hall–Kier alpha value is -1.22. The molecular weight excluding hydrogens is 204 g/mol. The van der Waals surface area contributed by atoms with Gasteiger partial charge in [-0.25, -0.2) is 0 Å². The maximum absolute atomic E-state index is 8.85. The van der Waals surface area contributed by atoms with Crippen molar-refractivity contribution in [1.82, 2.24) is 0 Å². The highest BCUT2D eigenvalue weighted by Crippen LogP contribution is 2.29. The summed E-state index contributed by atoms with van der Waals surface area (Å²) >= 11 is 0. The average molecular weight is 224 g/mol. The van der Waals surface area contributed by atoms with Crippen molar-refractivity contribution in [1.29, 1.82) is 0 Å². The molecule has 0 unspecified atom stereocenters. The van der Waals surface area contributed by atoms with E-state index in [1.54, 1.807) is 7.11 Å². The van der Waals surface area contributed by atoms with Crippen LogP contribution in [0.25, 0.3) is 0 Å². The summed E-state index contributed by atoms with van der Waals surface area (Å²) in [5, 5.41) is 8.85. The van der Waals surface area contributed by atoms with Gasteiger partial charge in [0.25, 0.3) is 0 Å². The second-order valence-electron chi connectivity index (χ2n) is 3.69. The van der Waals surface area contributed by atoms with Gasteiger partial charge < -0.3 is 14.6 Å². The molecule has 3 nitrogen and oxygen atoms in total. The third-order valence-electron chi connectivity index (χ3n) is 2.48. The summed E-state index contributed by atoms with van der Waals surface area (Å²) in [6.07, 6.45) is 1.55. The lowest BCUT2D eigenvalue weighted by molar-refractivity contribution is 0.287. The van der Waals surface area contributed by atoms with Gasteiger partial charge in [0.15, 0.2) is 0 Å². The van der Waals surface area contributed by atoms with E-state index < -0.39 is 0 Å². The summed E-state index contributed by atoms with van der Waals surface area (Å²) in [5.74, 6) is 1.77. The van der Waals surface area contributed by atoms with Gasteiger partial charge in [-0.1, -0.05) is 0 Å². The Labute approximate surface area is 97.0 Å². The van der Waals surface area contributed by atoms with Crippen molar-refractivity contribution in [3.8, 4) is 11.5 Å². The van der Waals surface area contributed by atoms with Crippen LogP contribution >= 0.6 is 0 Å². The van der Waals surface area contributed by atoms with Crippen molar-refractivity contribution in [2.24, 2.45) is 0 Å². The number of aliphatic hydroxyl groups excluding tert-OH is 1. The van der Waals surface area contributed by atoms with Crippen LogP contribution in [-0.4, -0.2) is 25.4 Å². The summed E-state index contributed by atoms with van der Waals surface area (Å²) < 4.78 is 10.9. The van der Waals surface area contributed by atoms with Crippen molar-refractivity contribution in [2.75, 3.05) is 20.3 Å². The Morgan fingerprint density at radius 2 is 2.00 bits per heavy atom. The van der Waals surface area contributed by atoms with Gasteiger partial charge in [0, 0.05) is 6.61 Å². The summed E-state index contributed by atoms with van der Waals surface area (Å²) in [6.45, 7) is 4.83. The molecule has 3 heteroatoms. The predicted molar refractivity (Wildman–Crippen MR) is 64.3 cm³/mol. The molecule has 1 N–H and O–H groups in total. The van der Waals surface area contributed by atoms with E-state index in [0.717, 1.165) is 35.5 Å². The average Bonchev–Trinajstić information content (AvgIpc) is 2.29. The van der Waals surface area contributed by atoms with Crippen LogP contribution in [0, 0.1) is 6.92 Å². The molecule has 1 aromatic rings. The minimum Gasteiger partial charge on any atom is -0.496 e. The molecule has 0 spiro atoms. The van der Waals surface area contributed by atoms with Crippen LogP contribution < -0.4 is 9.47 Å². The number of rotatable bonds is 6. The first-order chi connectivity index (χ1) is 7.72. The Bertz CT molecular complexity index is 334. The number of benzene rings is 1. The van der Waals surface area contributed by atoms with E-state index in [1.807, 2.05) is 26.0 Å². The molecule has 0 bridgehead atoms. The fraction of sp³-hybridized carbons (Fsp3) is 0.538. The van der Waals surface area contributed by atoms with E-state index in [9.17, 15) is 0 Å². The highest BCUT2D eigenvalue weighted by Gasteiger charge is 2.08. The Morgan fingerprint density at radius 3 is 2.56 bits per heavy atom. The fourth-order valence-electron chi connectivity index (χ4n) is 1.67. The van der Waals surface area contributed by atoms with Crippen molar-refractivity contribution in [3.63, 3.8) is 0 Å². The molecule has 0 atom stereocenters. The zero-order valence-electron chi connectivity index (χ0n) is 10.2. The molecule has 1 rings (SSSR count). The maximum Gasteiger partial charge on any atom is 0.122 e. The third-order valence-corrected chi connectivity index (χ3v) is 2.48. The van der Waals surface area contributed by atoms with Crippen molar-refractivity contribution < 1.29 is 14.6 Å². The smallest absolute Gasteiger partial charge is 0.122 e. The van der Waals surface area contributed by atoms with Gasteiger partial charge in [0.1, 0.15) is 11.5 Å². The molecule has 0 aliphatic rings. The van der Waals surface area contributed by atoms with E-state index in [0.29, 0.717) is 6.61 Å². The largest absolute Gasteiger partial charge is 0.496 e. The topological polar surface area (TPSA) is 38.7 Å². The van der Waals surface area contributed by atoms with Gasteiger partial charge >= 0.3 is 0 Å². The summed E-state index contributed by atoms with van der Waals surface area (Å²) in [7, 11) is 1.66. The van der Waals surface area contributed by atoms with Crippen LogP contribution in [-0.2, 0) is 6.42 Å². The predicted octanol–water partition coefficient (Wildman–Crippen LogP) is 2.33. The van der Waals surface area contributed by atoms with Crippen molar-refractivity contribution in [3.05, 3.63) is 23.3 Å². The highest BCUT2D eigenvalue weighted by atomic mass is 16.5. The summed E-state index contributed by atoms with van der Waals surface area (Å²) in [6, 6.07) is 3.99. The fourth-order valence-corrected chi connectivity index (χ4v) is 1.67. The van der Waals surface area contributed by atoms with Crippen LogP contribution in [0.4, 0.5) is 0 Å². The molecule has 90 valence electrons. The Balaban J connectivity index is 2.97. The molecule has 0 aliphatic carbocycles. The normalized spacial score (nSPS) is 10.2. The molecule has 16 heavy (non-hydrogen) atoms. The van der Waals surface area contributed by atoms with E-state index in [4.69, 9.17) is 14.6 Å². The SMILES string of the molecule is CCOc1cc(CCCO)c(OC)cc1C. The third kappa shape index (κ3) is 3.14. The van der Waals surface area contributed by atoms with Gasteiger partial charge in [-0.2, -0.15) is 0 Å². The Morgan fingerprint density at radius 1 is 1.25 bits per heavy atom. The lowest BCUT2D eigenvalue weighted by Gasteiger charge is -2.13. The number of hydrogen-bond donors (Lipinski definition) is 1. The zero-order chi connectivity index (χ0) is 12.0. The quantitative estimate of drug-likeness (QED) is 0.806.